The fraction of sp³-hybridized carbons (Fsp3) is 0.273. The fourth-order valence-corrected chi connectivity index (χ4v) is 4.62. The van der Waals surface area contributed by atoms with E-state index in [4.69, 9.17) is 25.2 Å². The average Bonchev–Trinajstić information content (AvgIpc) is 3.26. The van der Waals surface area contributed by atoms with E-state index in [1.807, 2.05) is 0 Å². The van der Waals surface area contributed by atoms with Crippen LogP contribution in [0.3, 0.4) is 0 Å². The highest BCUT2D eigenvalue weighted by Crippen LogP contribution is 2.43. The highest BCUT2D eigenvalue weighted by molar-refractivity contribution is 7.57. The molecule has 15 nitrogen and oxygen atoms in total. The van der Waals surface area contributed by atoms with Crippen LogP contribution in [-0.2, 0) is 30.2 Å². The Labute approximate surface area is 216 Å². The number of hydrogen-bond acceptors (Lipinski definition) is 10. The Bertz CT molecular complexity index is 1320. The maximum absolute atomic E-state index is 13.3. The predicted molar refractivity (Wildman–Crippen MR) is 134 cm³/mol. The molecule has 6 N–H and O–H groups in total. The van der Waals surface area contributed by atoms with E-state index in [2.05, 4.69) is 20.0 Å². The van der Waals surface area contributed by atoms with Crippen molar-refractivity contribution in [1.82, 2.24) is 24.6 Å². The van der Waals surface area contributed by atoms with Crippen LogP contribution >= 0.6 is 7.52 Å². The molecule has 3 rings (SSSR count). The van der Waals surface area contributed by atoms with Crippen LogP contribution in [-0.4, -0.2) is 71.2 Å². The second-order valence-electron chi connectivity index (χ2n) is 7.71. The lowest BCUT2D eigenvalue weighted by Gasteiger charge is -2.24. The number of aromatic nitrogens is 4. The highest BCUT2D eigenvalue weighted by atomic mass is 31.2. The summed E-state index contributed by atoms with van der Waals surface area (Å²) in [6.45, 7) is 3.52. The smallest absolute Gasteiger partial charge is 0.342 e. The van der Waals surface area contributed by atoms with E-state index in [9.17, 15) is 24.1 Å². The van der Waals surface area contributed by atoms with Gasteiger partial charge in [-0.1, -0.05) is 18.2 Å². The minimum Gasteiger partial charge on any atom is -0.480 e. The first kappa shape index (κ1) is 29.9. The van der Waals surface area contributed by atoms with Gasteiger partial charge in [0.15, 0.2) is 11.5 Å². The van der Waals surface area contributed by atoms with Gasteiger partial charge in [-0.2, -0.15) is 0 Å². The van der Waals surface area contributed by atoms with Crippen LogP contribution in [0.4, 0.5) is 5.82 Å². The number of ether oxygens (including phenoxy) is 1. The monoisotopic (exact) mass is 550 g/mol. The lowest BCUT2D eigenvalue weighted by Crippen LogP contribution is -2.34. The Hall–Kier alpha value is -4.33. The Morgan fingerprint density at radius 2 is 1.71 bits per heavy atom. The number of nitrogen functional groups attached to an aromatic ring is 1. The zero-order chi connectivity index (χ0) is 28.3. The number of aliphatic carboxylic acids is 3. The standard InChI is InChI=1S/C18H23N6O5P.C4H4O4/c1-12(8-24-10-22-15-16(19)20-9-21-17(15)24)28-11-30(27,23-13(2)18(25)26)29-14-6-4-3-5-7-14;5-3(6)1-2-4(7)8/h3-7,9-10,12-13H,8,11H2,1-2H3,(H,23,27)(H,25,26)(H2,19,20,21);1-2H,(H,5,6)(H,7,8)/b;2-1+/t12-,13?,30?;/m1./s1. The van der Waals surface area contributed by atoms with Crippen molar-refractivity contribution in [2.24, 2.45) is 0 Å². The van der Waals surface area contributed by atoms with Gasteiger partial charge in [0, 0.05) is 12.2 Å². The lowest BCUT2D eigenvalue weighted by molar-refractivity contribution is -0.138. The van der Waals surface area contributed by atoms with Gasteiger partial charge in [-0.25, -0.2) is 29.6 Å². The van der Waals surface area contributed by atoms with Gasteiger partial charge in [-0.15, -0.1) is 0 Å². The second-order valence-corrected chi connectivity index (χ2v) is 9.76. The summed E-state index contributed by atoms with van der Waals surface area (Å²) >= 11 is 0. The molecule has 0 aliphatic heterocycles. The number of nitrogens with zero attached hydrogens (tertiary/aromatic N) is 4. The van der Waals surface area contributed by atoms with Gasteiger partial charge in [0.05, 0.1) is 19.0 Å². The third-order valence-electron chi connectivity index (χ3n) is 4.54. The molecule has 2 heterocycles. The van der Waals surface area contributed by atoms with E-state index in [1.165, 1.54) is 13.3 Å². The van der Waals surface area contributed by atoms with Crippen LogP contribution in [0.1, 0.15) is 13.8 Å². The number of para-hydroxylation sites is 1. The molecule has 3 atom stereocenters. The molecule has 2 unspecified atom stereocenters. The van der Waals surface area contributed by atoms with Gasteiger partial charge in [-0.3, -0.25) is 9.36 Å². The van der Waals surface area contributed by atoms with Crippen molar-refractivity contribution in [2.45, 2.75) is 32.5 Å². The van der Waals surface area contributed by atoms with E-state index in [-0.39, 0.29) is 12.2 Å². The summed E-state index contributed by atoms with van der Waals surface area (Å²) in [6.07, 6.45) is 3.30. The summed E-state index contributed by atoms with van der Waals surface area (Å²) in [7, 11) is -3.67. The molecule has 0 spiro atoms. The van der Waals surface area contributed by atoms with Gasteiger partial charge in [0.25, 0.3) is 0 Å². The third kappa shape index (κ3) is 9.61. The molecule has 204 valence electrons. The Morgan fingerprint density at radius 1 is 1.08 bits per heavy atom. The summed E-state index contributed by atoms with van der Waals surface area (Å²) < 4.78 is 26.4. The quantitative estimate of drug-likeness (QED) is 0.160. The van der Waals surface area contributed by atoms with Crippen molar-refractivity contribution in [3.8, 4) is 5.75 Å². The van der Waals surface area contributed by atoms with E-state index in [0.717, 1.165) is 0 Å². The zero-order valence-electron chi connectivity index (χ0n) is 20.4. The van der Waals surface area contributed by atoms with E-state index < -0.39 is 37.6 Å². The molecule has 1 aromatic carbocycles. The number of carboxylic acids is 3. The minimum atomic E-state index is -3.67. The number of rotatable bonds is 12. The van der Waals surface area contributed by atoms with Crippen molar-refractivity contribution < 1.29 is 43.5 Å². The molecular formula is C22H27N6O9P. The van der Waals surface area contributed by atoms with E-state index in [0.29, 0.717) is 35.6 Å². The number of anilines is 1. The van der Waals surface area contributed by atoms with E-state index >= 15 is 0 Å². The molecule has 0 radical (unpaired) electrons. The molecular weight excluding hydrogens is 523 g/mol. The number of fused-ring (bicyclic) bond motifs is 1. The van der Waals surface area contributed by atoms with E-state index in [1.54, 1.807) is 48.1 Å². The summed E-state index contributed by atoms with van der Waals surface area (Å²) in [5, 5.41) is 27.3. The number of benzene rings is 1. The molecule has 2 aromatic heterocycles. The number of nitrogens with one attached hydrogen (secondary N) is 1. The predicted octanol–water partition coefficient (Wildman–Crippen LogP) is 1.82. The largest absolute Gasteiger partial charge is 0.480 e. The average molecular weight is 550 g/mol. The molecule has 0 bridgehead atoms. The van der Waals surface area contributed by atoms with Crippen LogP contribution in [0.25, 0.3) is 11.2 Å². The molecule has 16 heteroatoms. The summed E-state index contributed by atoms with van der Waals surface area (Å²) in [5.41, 5.74) is 6.83. The van der Waals surface area contributed by atoms with Gasteiger partial charge < -0.3 is 34.9 Å². The molecule has 0 saturated heterocycles. The SMILES string of the molecule is CC(NP(=O)(CO[C@H](C)Cn1cnc2c(N)ncnc21)Oc1ccccc1)C(=O)O.O=C(O)/C=C/C(=O)O. The van der Waals surface area contributed by atoms with Gasteiger partial charge >= 0.3 is 25.4 Å². The van der Waals surface area contributed by atoms with Crippen LogP contribution < -0.4 is 15.3 Å². The number of hydrogen-bond donors (Lipinski definition) is 5. The Balaban J connectivity index is 0.000000550. The number of imidazole rings is 1. The van der Waals surface area contributed by atoms with Gasteiger partial charge in [0.2, 0.25) is 0 Å². The Kier molecular flexibility index (Phi) is 10.9. The molecule has 0 aliphatic rings. The second kappa shape index (κ2) is 13.8. The van der Waals surface area contributed by atoms with Crippen LogP contribution in [0.5, 0.6) is 5.75 Å². The van der Waals surface area contributed by atoms with Crippen molar-refractivity contribution in [1.29, 1.82) is 0 Å². The first-order valence-corrected chi connectivity index (χ1v) is 12.7. The normalized spacial score (nSPS) is 14.2. The zero-order valence-corrected chi connectivity index (χ0v) is 21.3. The Morgan fingerprint density at radius 3 is 2.29 bits per heavy atom. The molecule has 0 fully saturated rings. The maximum atomic E-state index is 13.3. The number of carboxylic acid groups (broad SMARTS) is 3. The van der Waals surface area contributed by atoms with Gasteiger partial charge in [0.1, 0.15) is 30.0 Å². The molecule has 38 heavy (non-hydrogen) atoms. The summed E-state index contributed by atoms with van der Waals surface area (Å²) in [4.78, 5) is 42.6. The fourth-order valence-electron chi connectivity index (χ4n) is 2.82. The molecule has 3 aromatic rings. The van der Waals surface area contributed by atoms with Crippen LogP contribution in [0.15, 0.2) is 55.1 Å². The number of carbonyl (C=O) groups is 3. The van der Waals surface area contributed by atoms with Crippen LogP contribution in [0.2, 0.25) is 0 Å². The summed E-state index contributed by atoms with van der Waals surface area (Å²) in [6, 6.07) is 7.41. The van der Waals surface area contributed by atoms with Crippen molar-refractivity contribution in [2.75, 3.05) is 12.1 Å². The molecule has 0 amide bonds. The lowest BCUT2D eigenvalue weighted by atomic mass is 10.3. The highest BCUT2D eigenvalue weighted by Gasteiger charge is 2.31. The van der Waals surface area contributed by atoms with Crippen molar-refractivity contribution >= 4 is 42.4 Å². The van der Waals surface area contributed by atoms with Gasteiger partial charge in [-0.05, 0) is 26.0 Å². The van der Waals surface area contributed by atoms with Crippen LogP contribution in [0, 0.1) is 0 Å². The molecule has 0 saturated carbocycles. The van der Waals surface area contributed by atoms with Crippen molar-refractivity contribution in [3.05, 3.63) is 55.1 Å². The third-order valence-corrected chi connectivity index (χ3v) is 6.31. The first-order chi connectivity index (χ1) is 17.9. The molecule has 0 aliphatic carbocycles. The minimum absolute atomic E-state index is 0.278. The first-order valence-electron chi connectivity index (χ1n) is 10.9. The van der Waals surface area contributed by atoms with Crippen molar-refractivity contribution in [3.63, 3.8) is 0 Å². The summed E-state index contributed by atoms with van der Waals surface area (Å²) in [5.74, 6) is -3.04. The topological polar surface area (TPSA) is 229 Å². The maximum Gasteiger partial charge on any atom is 0.342 e. The number of nitrogens with two attached hydrogens (primary N) is 1.